The summed E-state index contributed by atoms with van der Waals surface area (Å²) in [6.07, 6.45) is 0. The summed E-state index contributed by atoms with van der Waals surface area (Å²) in [6.45, 7) is 5.59. The van der Waals surface area contributed by atoms with Crippen LogP contribution in [0.3, 0.4) is 0 Å². The molecule has 31 heavy (non-hydrogen) atoms. The average molecular weight is 424 g/mol. The normalized spacial score (nSPS) is 17.4. The lowest BCUT2D eigenvalue weighted by molar-refractivity contribution is -0.138. The van der Waals surface area contributed by atoms with Gasteiger partial charge in [0.25, 0.3) is 5.91 Å². The Bertz CT molecular complexity index is 875. The fourth-order valence-corrected chi connectivity index (χ4v) is 3.94. The zero-order valence-electron chi connectivity index (χ0n) is 17.7. The molecule has 0 aromatic heterocycles. The van der Waals surface area contributed by atoms with Crippen molar-refractivity contribution in [2.24, 2.45) is 0 Å². The number of para-hydroxylation sites is 1. The smallest absolute Gasteiger partial charge is 0.260 e. The van der Waals surface area contributed by atoms with Crippen molar-refractivity contribution in [1.82, 2.24) is 14.7 Å². The predicted molar refractivity (Wildman–Crippen MR) is 118 cm³/mol. The molecule has 0 radical (unpaired) electrons. The molecule has 2 amide bonds. The van der Waals surface area contributed by atoms with E-state index in [1.54, 1.807) is 0 Å². The van der Waals surface area contributed by atoms with E-state index in [4.69, 9.17) is 9.47 Å². The number of carbonyl (C=O) groups excluding carboxylic acids is 2. The van der Waals surface area contributed by atoms with Crippen LogP contribution in [-0.2, 0) is 14.3 Å². The molecule has 0 N–H and O–H groups in total. The van der Waals surface area contributed by atoms with Crippen molar-refractivity contribution in [2.75, 3.05) is 65.6 Å². The van der Waals surface area contributed by atoms with E-state index in [1.807, 2.05) is 64.4 Å². The molecule has 4 rings (SSSR count). The summed E-state index contributed by atoms with van der Waals surface area (Å²) >= 11 is 0. The van der Waals surface area contributed by atoms with Crippen LogP contribution in [0.25, 0.3) is 11.1 Å². The summed E-state index contributed by atoms with van der Waals surface area (Å²) in [5, 5.41) is 0. The number of hydrogen-bond donors (Lipinski definition) is 0. The molecule has 164 valence electrons. The average Bonchev–Trinajstić information content (AvgIpc) is 2.84. The van der Waals surface area contributed by atoms with Crippen molar-refractivity contribution in [3.8, 4) is 16.9 Å². The molecule has 2 heterocycles. The van der Waals surface area contributed by atoms with Gasteiger partial charge in [-0.3, -0.25) is 14.5 Å². The van der Waals surface area contributed by atoms with Gasteiger partial charge in [0, 0.05) is 44.8 Å². The van der Waals surface area contributed by atoms with E-state index in [-0.39, 0.29) is 18.4 Å². The number of ether oxygens (including phenoxy) is 2. The Balaban J connectivity index is 1.25. The summed E-state index contributed by atoms with van der Waals surface area (Å²) in [5.74, 6) is 0.822. The number of piperazine rings is 1. The molecular formula is C24H29N3O4. The Hall–Kier alpha value is -2.90. The fraction of sp³-hybridized carbons (Fsp3) is 0.417. The SMILES string of the molecule is O=C(COc1ccccc1-c1ccccc1)N1CCN(CC(=O)N2CCOCC2)CC1. The predicted octanol–water partition coefficient (Wildman–Crippen LogP) is 1.74. The minimum atomic E-state index is -0.0259. The van der Waals surface area contributed by atoms with Crippen molar-refractivity contribution in [3.05, 3.63) is 54.6 Å². The Morgan fingerprint density at radius 3 is 2.16 bits per heavy atom. The Morgan fingerprint density at radius 1 is 0.774 bits per heavy atom. The van der Waals surface area contributed by atoms with Gasteiger partial charge in [0.1, 0.15) is 5.75 Å². The molecule has 0 atom stereocenters. The maximum absolute atomic E-state index is 12.7. The summed E-state index contributed by atoms with van der Waals surface area (Å²) < 4.78 is 11.2. The number of hydrogen-bond acceptors (Lipinski definition) is 5. The molecule has 0 spiro atoms. The van der Waals surface area contributed by atoms with E-state index >= 15 is 0 Å². The van der Waals surface area contributed by atoms with Crippen LogP contribution in [0, 0.1) is 0 Å². The van der Waals surface area contributed by atoms with Crippen molar-refractivity contribution < 1.29 is 19.1 Å². The molecule has 2 aliphatic rings. The third-order valence-electron chi connectivity index (χ3n) is 5.77. The molecule has 2 aromatic carbocycles. The minimum absolute atomic E-state index is 0.0105. The van der Waals surface area contributed by atoms with Crippen LogP contribution < -0.4 is 4.74 Å². The second kappa shape index (κ2) is 10.4. The van der Waals surface area contributed by atoms with Gasteiger partial charge in [0.05, 0.1) is 19.8 Å². The first-order chi connectivity index (χ1) is 15.2. The standard InChI is InChI=1S/C24H29N3O4/c28-23(27-14-16-30-17-15-27)18-25-10-12-26(13-11-25)24(29)19-31-22-9-5-4-8-21(22)20-6-2-1-3-7-20/h1-9H,10-19H2. The highest BCUT2D eigenvalue weighted by Crippen LogP contribution is 2.29. The van der Waals surface area contributed by atoms with Gasteiger partial charge in [0.15, 0.2) is 6.61 Å². The Labute approximate surface area is 183 Å². The quantitative estimate of drug-likeness (QED) is 0.708. The van der Waals surface area contributed by atoms with Crippen LogP contribution in [0.2, 0.25) is 0 Å². The molecule has 0 unspecified atom stereocenters. The van der Waals surface area contributed by atoms with Crippen molar-refractivity contribution in [2.45, 2.75) is 0 Å². The van der Waals surface area contributed by atoms with Gasteiger partial charge >= 0.3 is 0 Å². The number of rotatable bonds is 6. The van der Waals surface area contributed by atoms with Gasteiger partial charge in [-0.15, -0.1) is 0 Å². The zero-order valence-corrected chi connectivity index (χ0v) is 17.7. The first-order valence-corrected chi connectivity index (χ1v) is 10.8. The van der Waals surface area contributed by atoms with Crippen molar-refractivity contribution >= 4 is 11.8 Å². The lowest BCUT2D eigenvalue weighted by Gasteiger charge is -2.36. The topological polar surface area (TPSA) is 62.3 Å². The number of carbonyl (C=O) groups is 2. The monoisotopic (exact) mass is 423 g/mol. The maximum atomic E-state index is 12.7. The third kappa shape index (κ3) is 5.62. The second-order valence-corrected chi connectivity index (χ2v) is 7.80. The molecule has 2 aliphatic heterocycles. The molecule has 2 aromatic rings. The van der Waals surface area contributed by atoms with E-state index < -0.39 is 0 Å². The molecule has 7 heteroatoms. The van der Waals surface area contributed by atoms with Crippen LogP contribution in [0.1, 0.15) is 0 Å². The highest BCUT2D eigenvalue weighted by Gasteiger charge is 2.25. The molecule has 2 fully saturated rings. The highest BCUT2D eigenvalue weighted by atomic mass is 16.5. The van der Waals surface area contributed by atoms with E-state index in [2.05, 4.69) is 4.90 Å². The summed E-state index contributed by atoms with van der Waals surface area (Å²) in [7, 11) is 0. The molecule has 2 saturated heterocycles. The lowest BCUT2D eigenvalue weighted by atomic mass is 10.1. The first kappa shape index (κ1) is 21.3. The van der Waals surface area contributed by atoms with E-state index in [9.17, 15) is 9.59 Å². The van der Waals surface area contributed by atoms with Crippen LogP contribution >= 0.6 is 0 Å². The van der Waals surface area contributed by atoms with E-state index in [0.29, 0.717) is 64.8 Å². The molecule has 0 saturated carbocycles. The number of amides is 2. The molecular weight excluding hydrogens is 394 g/mol. The number of benzene rings is 2. The summed E-state index contributed by atoms with van der Waals surface area (Å²) in [6, 6.07) is 17.8. The van der Waals surface area contributed by atoms with Crippen molar-refractivity contribution in [3.63, 3.8) is 0 Å². The van der Waals surface area contributed by atoms with Gasteiger partial charge in [-0.1, -0.05) is 48.5 Å². The molecule has 0 aliphatic carbocycles. The largest absolute Gasteiger partial charge is 0.483 e. The molecule has 7 nitrogen and oxygen atoms in total. The van der Waals surface area contributed by atoms with E-state index in [0.717, 1.165) is 11.1 Å². The molecule has 0 bridgehead atoms. The highest BCUT2D eigenvalue weighted by molar-refractivity contribution is 5.79. The zero-order chi connectivity index (χ0) is 21.5. The minimum Gasteiger partial charge on any atom is -0.483 e. The van der Waals surface area contributed by atoms with Gasteiger partial charge in [-0.25, -0.2) is 0 Å². The number of morpholine rings is 1. The fourth-order valence-electron chi connectivity index (χ4n) is 3.94. The Morgan fingerprint density at radius 2 is 1.42 bits per heavy atom. The maximum Gasteiger partial charge on any atom is 0.260 e. The number of nitrogens with zero attached hydrogens (tertiary/aromatic N) is 3. The van der Waals surface area contributed by atoms with E-state index in [1.165, 1.54) is 0 Å². The third-order valence-corrected chi connectivity index (χ3v) is 5.77. The van der Waals surface area contributed by atoms with Crippen LogP contribution in [-0.4, -0.2) is 92.1 Å². The van der Waals surface area contributed by atoms with Crippen LogP contribution in [0.5, 0.6) is 5.75 Å². The van der Waals surface area contributed by atoms with Gasteiger partial charge in [-0.05, 0) is 11.6 Å². The summed E-state index contributed by atoms with van der Waals surface area (Å²) in [4.78, 5) is 30.9. The summed E-state index contributed by atoms with van der Waals surface area (Å²) in [5.41, 5.74) is 2.03. The van der Waals surface area contributed by atoms with Gasteiger partial charge in [-0.2, -0.15) is 0 Å². The Kier molecular flexibility index (Phi) is 7.17. The van der Waals surface area contributed by atoms with Crippen LogP contribution in [0.4, 0.5) is 0 Å². The second-order valence-electron chi connectivity index (χ2n) is 7.80. The van der Waals surface area contributed by atoms with Gasteiger partial charge in [0.2, 0.25) is 5.91 Å². The lowest BCUT2D eigenvalue weighted by Crippen LogP contribution is -2.53. The van der Waals surface area contributed by atoms with Crippen molar-refractivity contribution in [1.29, 1.82) is 0 Å². The van der Waals surface area contributed by atoms with Gasteiger partial charge < -0.3 is 19.3 Å². The van der Waals surface area contributed by atoms with Crippen LogP contribution in [0.15, 0.2) is 54.6 Å². The first-order valence-electron chi connectivity index (χ1n) is 10.8.